The van der Waals surface area contributed by atoms with Crippen molar-refractivity contribution in [1.29, 1.82) is 0 Å². The van der Waals surface area contributed by atoms with E-state index in [1.165, 1.54) is 22.9 Å². The molecular weight excluding hydrogens is 422 g/mol. The summed E-state index contributed by atoms with van der Waals surface area (Å²) >= 11 is 1.25. The first-order valence-electron chi connectivity index (χ1n) is 10.3. The van der Waals surface area contributed by atoms with E-state index < -0.39 is 0 Å². The molecule has 0 unspecified atom stereocenters. The van der Waals surface area contributed by atoms with E-state index in [9.17, 15) is 4.79 Å². The predicted molar refractivity (Wildman–Crippen MR) is 126 cm³/mol. The highest BCUT2D eigenvalue weighted by Gasteiger charge is 2.19. The van der Waals surface area contributed by atoms with E-state index in [0.717, 1.165) is 28.4 Å². The van der Waals surface area contributed by atoms with Crippen molar-refractivity contribution in [3.8, 4) is 22.9 Å². The van der Waals surface area contributed by atoms with Crippen LogP contribution in [-0.4, -0.2) is 33.4 Å². The second-order valence-corrected chi connectivity index (χ2v) is 8.63. The van der Waals surface area contributed by atoms with E-state index in [2.05, 4.69) is 46.8 Å². The van der Waals surface area contributed by atoms with Gasteiger partial charge in [-0.3, -0.25) is 4.79 Å². The van der Waals surface area contributed by atoms with Crippen LogP contribution in [0.5, 0.6) is 5.75 Å². The van der Waals surface area contributed by atoms with Crippen molar-refractivity contribution in [1.82, 2.24) is 14.8 Å². The molecule has 0 aliphatic heterocycles. The highest BCUT2D eigenvalue weighted by atomic mass is 32.2. The highest BCUT2D eigenvalue weighted by Crippen LogP contribution is 2.27. The number of ketones is 1. The summed E-state index contributed by atoms with van der Waals surface area (Å²) in [5.41, 5.74) is 7.01. The Kier molecular flexibility index (Phi) is 6.19. The first kappa shape index (κ1) is 21.9. The summed E-state index contributed by atoms with van der Waals surface area (Å²) in [7, 11) is 1.62. The average molecular weight is 448 g/mol. The number of thioether (sulfide) groups is 1. The molecule has 0 N–H and O–H groups in total. The molecule has 32 heavy (non-hydrogen) atoms. The van der Waals surface area contributed by atoms with E-state index in [0.29, 0.717) is 16.7 Å². The van der Waals surface area contributed by atoms with Gasteiger partial charge in [-0.05, 0) is 81.3 Å². The zero-order valence-electron chi connectivity index (χ0n) is 18.8. The van der Waals surface area contributed by atoms with Gasteiger partial charge in [-0.15, -0.1) is 10.2 Å². The number of nitrogens with zero attached hydrogens (tertiary/aromatic N) is 3. The van der Waals surface area contributed by atoms with Gasteiger partial charge in [-0.1, -0.05) is 17.8 Å². The molecule has 0 fully saturated rings. The lowest BCUT2D eigenvalue weighted by Crippen LogP contribution is -2.06. The maximum Gasteiger partial charge on any atom is 0.277 e. The Morgan fingerprint density at radius 2 is 1.75 bits per heavy atom. The summed E-state index contributed by atoms with van der Waals surface area (Å²) in [6.45, 7) is 8.19. The predicted octanol–water partition coefficient (Wildman–Crippen LogP) is 5.74. The van der Waals surface area contributed by atoms with Crippen molar-refractivity contribution in [2.24, 2.45) is 0 Å². The Bertz CT molecular complexity index is 1270. The number of hydrogen-bond donors (Lipinski definition) is 0. The first-order chi connectivity index (χ1) is 15.4. The average Bonchev–Trinajstić information content (AvgIpc) is 3.38. The third kappa shape index (κ3) is 4.34. The standard InChI is InChI=1S/C25H25N3O3S/c1-15-6-9-20(12-16(15)2)28-17(3)13-22(18(28)4)23(29)14-32-25-27-26-24(31-25)19-7-10-21(30-5)11-8-19/h6-13H,14H2,1-5H3. The molecule has 0 aliphatic rings. The minimum Gasteiger partial charge on any atom is -0.497 e. The van der Waals surface area contributed by atoms with Crippen LogP contribution in [0.25, 0.3) is 17.1 Å². The summed E-state index contributed by atoms with van der Waals surface area (Å²) in [6.07, 6.45) is 0. The van der Waals surface area contributed by atoms with E-state index in [1.54, 1.807) is 7.11 Å². The van der Waals surface area contributed by atoms with Crippen molar-refractivity contribution in [3.05, 3.63) is 76.6 Å². The van der Waals surface area contributed by atoms with Gasteiger partial charge in [-0.25, -0.2) is 0 Å². The van der Waals surface area contributed by atoms with Crippen LogP contribution in [0, 0.1) is 27.7 Å². The van der Waals surface area contributed by atoms with Gasteiger partial charge in [0.2, 0.25) is 5.89 Å². The molecule has 2 aromatic heterocycles. The molecule has 0 radical (unpaired) electrons. The molecule has 0 spiro atoms. The van der Waals surface area contributed by atoms with Crippen LogP contribution in [-0.2, 0) is 0 Å². The fourth-order valence-electron chi connectivity index (χ4n) is 3.63. The van der Waals surface area contributed by atoms with Gasteiger partial charge in [0, 0.05) is 28.2 Å². The molecule has 0 saturated heterocycles. The Labute approximate surface area is 191 Å². The lowest BCUT2D eigenvalue weighted by molar-refractivity contribution is 0.102. The second kappa shape index (κ2) is 9.04. The van der Waals surface area contributed by atoms with Gasteiger partial charge in [-0.2, -0.15) is 0 Å². The molecule has 0 saturated carbocycles. The van der Waals surface area contributed by atoms with Crippen LogP contribution >= 0.6 is 11.8 Å². The van der Waals surface area contributed by atoms with Gasteiger partial charge < -0.3 is 13.7 Å². The number of Topliss-reactive ketones (excluding diaryl/α,β-unsaturated/α-hetero) is 1. The maximum atomic E-state index is 13.0. The molecule has 2 aromatic carbocycles. The molecule has 0 amide bonds. The van der Waals surface area contributed by atoms with Crippen LogP contribution in [0.15, 0.2) is 58.2 Å². The molecule has 6 nitrogen and oxygen atoms in total. The van der Waals surface area contributed by atoms with Gasteiger partial charge in [0.15, 0.2) is 5.78 Å². The van der Waals surface area contributed by atoms with Crippen molar-refractivity contribution in [3.63, 3.8) is 0 Å². The summed E-state index contributed by atoms with van der Waals surface area (Å²) in [6, 6.07) is 15.7. The minimum atomic E-state index is 0.0300. The lowest BCUT2D eigenvalue weighted by atomic mass is 10.1. The molecule has 164 valence electrons. The number of ether oxygens (including phenoxy) is 1. The summed E-state index contributed by atoms with van der Waals surface area (Å²) in [5.74, 6) is 1.42. The zero-order chi connectivity index (χ0) is 22.8. The summed E-state index contributed by atoms with van der Waals surface area (Å²) < 4.78 is 13.0. The van der Waals surface area contributed by atoms with Crippen molar-refractivity contribution in [2.75, 3.05) is 12.9 Å². The fraction of sp³-hybridized carbons (Fsp3) is 0.240. The monoisotopic (exact) mass is 447 g/mol. The van der Waals surface area contributed by atoms with Gasteiger partial charge in [0.25, 0.3) is 5.22 Å². The Balaban J connectivity index is 1.48. The number of methoxy groups -OCH3 is 1. The van der Waals surface area contributed by atoms with E-state index in [-0.39, 0.29) is 11.5 Å². The van der Waals surface area contributed by atoms with Gasteiger partial charge >= 0.3 is 0 Å². The van der Waals surface area contributed by atoms with Crippen LogP contribution in [0.2, 0.25) is 0 Å². The summed E-state index contributed by atoms with van der Waals surface area (Å²) in [4.78, 5) is 13.0. The van der Waals surface area contributed by atoms with Crippen molar-refractivity contribution < 1.29 is 13.9 Å². The number of carbonyl (C=O) groups excluding carboxylic acids is 1. The first-order valence-corrected chi connectivity index (χ1v) is 11.3. The zero-order valence-corrected chi connectivity index (χ0v) is 19.6. The minimum absolute atomic E-state index is 0.0300. The van der Waals surface area contributed by atoms with Gasteiger partial charge in [0.1, 0.15) is 5.75 Å². The Morgan fingerprint density at radius 1 is 1.00 bits per heavy atom. The van der Waals surface area contributed by atoms with Crippen LogP contribution in [0.1, 0.15) is 32.9 Å². The molecule has 0 aliphatic carbocycles. The molecule has 4 rings (SSSR count). The van der Waals surface area contributed by atoms with E-state index >= 15 is 0 Å². The molecular formula is C25H25N3O3S. The SMILES string of the molecule is COc1ccc(-c2nnc(SCC(=O)c3cc(C)n(-c4ccc(C)c(C)c4)c3C)o2)cc1. The van der Waals surface area contributed by atoms with Crippen LogP contribution in [0.4, 0.5) is 0 Å². The second-order valence-electron chi connectivity index (χ2n) is 7.70. The normalized spacial score (nSPS) is 11.0. The topological polar surface area (TPSA) is 70.2 Å². The molecule has 0 bridgehead atoms. The Morgan fingerprint density at radius 3 is 2.44 bits per heavy atom. The van der Waals surface area contributed by atoms with Crippen LogP contribution < -0.4 is 4.74 Å². The quantitative estimate of drug-likeness (QED) is 0.266. The van der Waals surface area contributed by atoms with Crippen molar-refractivity contribution >= 4 is 17.5 Å². The number of carbonyl (C=O) groups is 1. The maximum absolute atomic E-state index is 13.0. The van der Waals surface area contributed by atoms with Crippen LogP contribution in [0.3, 0.4) is 0 Å². The number of aryl methyl sites for hydroxylation is 3. The number of aromatic nitrogens is 3. The number of rotatable bonds is 7. The summed E-state index contributed by atoms with van der Waals surface area (Å²) in [5, 5.41) is 8.53. The molecule has 7 heteroatoms. The largest absolute Gasteiger partial charge is 0.497 e. The number of benzene rings is 2. The lowest BCUT2D eigenvalue weighted by Gasteiger charge is -2.12. The molecule has 4 aromatic rings. The third-order valence-corrected chi connectivity index (χ3v) is 6.37. The number of hydrogen-bond acceptors (Lipinski definition) is 6. The van der Waals surface area contributed by atoms with E-state index in [4.69, 9.17) is 9.15 Å². The Hall–Kier alpha value is -3.32. The van der Waals surface area contributed by atoms with Gasteiger partial charge in [0.05, 0.1) is 12.9 Å². The highest BCUT2D eigenvalue weighted by molar-refractivity contribution is 7.99. The van der Waals surface area contributed by atoms with Crippen molar-refractivity contribution in [2.45, 2.75) is 32.9 Å². The molecule has 2 heterocycles. The molecule has 0 atom stereocenters. The van der Waals surface area contributed by atoms with E-state index in [1.807, 2.05) is 44.2 Å². The smallest absolute Gasteiger partial charge is 0.277 e. The third-order valence-electron chi connectivity index (χ3n) is 5.55. The fourth-order valence-corrected chi connectivity index (χ4v) is 4.28.